The van der Waals surface area contributed by atoms with E-state index in [1.165, 1.54) is 0 Å². The van der Waals surface area contributed by atoms with Crippen LogP contribution in [0.5, 0.6) is 11.6 Å². The van der Waals surface area contributed by atoms with Crippen LogP contribution in [0.25, 0.3) is 17.0 Å². The molecule has 0 bridgehead atoms. The summed E-state index contributed by atoms with van der Waals surface area (Å²) >= 11 is 0. The third-order valence-corrected chi connectivity index (χ3v) is 5.96. The van der Waals surface area contributed by atoms with Gasteiger partial charge in [0.15, 0.2) is 5.58 Å². The molecule has 3 heterocycles. The first-order valence-corrected chi connectivity index (χ1v) is 11.9. The molecule has 0 spiro atoms. The fourth-order valence-corrected chi connectivity index (χ4v) is 4.24. The van der Waals surface area contributed by atoms with Gasteiger partial charge < -0.3 is 18.9 Å². The second-order valence-electron chi connectivity index (χ2n) is 9.70. The molecule has 1 aliphatic heterocycles. The minimum absolute atomic E-state index is 0.214. The number of carbonyl (C=O) groups is 1. The summed E-state index contributed by atoms with van der Waals surface area (Å²) in [7, 11) is 0. The van der Waals surface area contributed by atoms with E-state index in [4.69, 9.17) is 14.0 Å². The lowest BCUT2D eigenvalue weighted by molar-refractivity contribution is 0.0181. The van der Waals surface area contributed by atoms with Crippen LogP contribution in [0.4, 0.5) is 4.79 Å². The summed E-state index contributed by atoms with van der Waals surface area (Å²) in [6.45, 7) is 9.13. The molecule has 4 rings (SSSR count). The van der Waals surface area contributed by atoms with Crippen LogP contribution in [-0.2, 0) is 11.2 Å². The van der Waals surface area contributed by atoms with E-state index >= 15 is 0 Å². The smallest absolute Gasteiger partial charge is 0.410 e. The van der Waals surface area contributed by atoms with Crippen molar-refractivity contribution in [3.05, 3.63) is 53.9 Å². The lowest BCUT2D eigenvalue weighted by atomic mass is 9.91. The van der Waals surface area contributed by atoms with Gasteiger partial charge in [-0.25, -0.2) is 9.78 Å². The van der Waals surface area contributed by atoms with Gasteiger partial charge in [-0.2, -0.15) is 0 Å². The number of carbonyl (C=O) groups excluding carboxylic acids is 1. The molecule has 0 atom stereocenters. The van der Waals surface area contributed by atoms with Gasteiger partial charge in [0.2, 0.25) is 5.88 Å². The van der Waals surface area contributed by atoms with Crippen molar-refractivity contribution in [3.8, 4) is 11.6 Å². The molecule has 1 amide bonds. The molecule has 34 heavy (non-hydrogen) atoms. The van der Waals surface area contributed by atoms with Crippen LogP contribution in [0.3, 0.4) is 0 Å². The summed E-state index contributed by atoms with van der Waals surface area (Å²) in [6, 6.07) is 9.53. The zero-order valence-corrected chi connectivity index (χ0v) is 20.4. The van der Waals surface area contributed by atoms with Crippen LogP contribution in [0.15, 0.2) is 47.1 Å². The van der Waals surface area contributed by atoms with Gasteiger partial charge in [0.1, 0.15) is 11.4 Å². The molecule has 1 aromatic carbocycles. The number of benzene rings is 1. The van der Waals surface area contributed by atoms with Gasteiger partial charge >= 0.3 is 6.09 Å². The monoisotopic (exact) mass is 463 g/mol. The Bertz CT molecular complexity index is 1140. The molecule has 2 aromatic heterocycles. The van der Waals surface area contributed by atoms with Crippen molar-refractivity contribution in [3.63, 3.8) is 0 Å². The highest BCUT2D eigenvalue weighted by molar-refractivity contribution is 5.90. The largest absolute Gasteiger partial charge is 0.444 e. The van der Waals surface area contributed by atoms with E-state index in [1.54, 1.807) is 6.20 Å². The summed E-state index contributed by atoms with van der Waals surface area (Å²) in [5, 5.41) is 5.40. The normalized spacial score (nSPS) is 15.2. The molecule has 0 aliphatic carbocycles. The number of hydrogen-bond donors (Lipinski definition) is 0. The Morgan fingerprint density at radius 3 is 2.68 bits per heavy atom. The van der Waals surface area contributed by atoms with Crippen LogP contribution < -0.4 is 4.74 Å². The van der Waals surface area contributed by atoms with E-state index < -0.39 is 5.60 Å². The second kappa shape index (κ2) is 10.3. The number of ether oxygens (including phenoxy) is 2. The first kappa shape index (κ1) is 23.8. The highest BCUT2D eigenvalue weighted by atomic mass is 16.6. The zero-order valence-electron chi connectivity index (χ0n) is 20.4. The SMILES string of the molecule is C/C=C\c1c(Oc2ccccn2)ccc2c(CCC3CCN(C(=O)OC(C)(C)C)CC3)noc12. The molecule has 7 heteroatoms. The molecule has 0 radical (unpaired) electrons. The minimum Gasteiger partial charge on any atom is -0.444 e. The van der Waals surface area contributed by atoms with Gasteiger partial charge in [-0.15, -0.1) is 0 Å². The Balaban J connectivity index is 1.41. The Labute approximate surface area is 200 Å². The number of hydrogen-bond acceptors (Lipinski definition) is 6. The molecule has 1 fully saturated rings. The number of nitrogens with zero attached hydrogens (tertiary/aromatic N) is 3. The Kier molecular flexibility index (Phi) is 7.20. The van der Waals surface area contributed by atoms with Crippen molar-refractivity contribution in [2.75, 3.05) is 13.1 Å². The number of rotatable bonds is 6. The number of fused-ring (bicyclic) bond motifs is 1. The lowest BCUT2D eigenvalue weighted by Gasteiger charge is -2.33. The number of allylic oxidation sites excluding steroid dienone is 1. The Hall–Kier alpha value is -3.35. The number of piperidine rings is 1. The first-order chi connectivity index (χ1) is 16.3. The van der Waals surface area contributed by atoms with E-state index in [0.29, 0.717) is 17.5 Å². The molecule has 0 unspecified atom stereocenters. The first-order valence-electron chi connectivity index (χ1n) is 11.9. The minimum atomic E-state index is -0.462. The Morgan fingerprint density at radius 2 is 2.00 bits per heavy atom. The molecule has 0 saturated carbocycles. The summed E-state index contributed by atoms with van der Waals surface area (Å²) in [5.74, 6) is 1.76. The number of aromatic nitrogens is 2. The maximum Gasteiger partial charge on any atom is 0.410 e. The van der Waals surface area contributed by atoms with E-state index in [0.717, 1.165) is 61.0 Å². The number of amides is 1. The van der Waals surface area contributed by atoms with Crippen molar-refractivity contribution < 1.29 is 18.8 Å². The molecule has 3 aromatic rings. The second-order valence-corrected chi connectivity index (χ2v) is 9.70. The van der Waals surface area contributed by atoms with Crippen molar-refractivity contribution in [2.45, 2.75) is 59.0 Å². The maximum absolute atomic E-state index is 12.3. The number of likely N-dealkylation sites (tertiary alicyclic amines) is 1. The average Bonchev–Trinajstić information content (AvgIpc) is 3.22. The third-order valence-electron chi connectivity index (χ3n) is 5.96. The van der Waals surface area contributed by atoms with Gasteiger partial charge in [-0.3, -0.25) is 0 Å². The lowest BCUT2D eigenvalue weighted by Crippen LogP contribution is -2.41. The highest BCUT2D eigenvalue weighted by Crippen LogP contribution is 2.34. The fraction of sp³-hybridized carbons (Fsp3) is 0.444. The fourth-order valence-electron chi connectivity index (χ4n) is 4.24. The quantitative estimate of drug-likeness (QED) is 0.408. The van der Waals surface area contributed by atoms with E-state index in [-0.39, 0.29) is 6.09 Å². The van der Waals surface area contributed by atoms with Crippen molar-refractivity contribution in [1.82, 2.24) is 15.0 Å². The van der Waals surface area contributed by atoms with Crippen LogP contribution in [0.1, 0.15) is 58.2 Å². The van der Waals surface area contributed by atoms with E-state index in [9.17, 15) is 4.79 Å². The van der Waals surface area contributed by atoms with Crippen LogP contribution >= 0.6 is 0 Å². The predicted octanol–water partition coefficient (Wildman–Crippen LogP) is 6.63. The summed E-state index contributed by atoms with van der Waals surface area (Å²) in [5.41, 5.74) is 2.08. The van der Waals surface area contributed by atoms with Gasteiger partial charge in [0.25, 0.3) is 0 Å². The van der Waals surface area contributed by atoms with E-state index in [1.807, 2.05) is 75.1 Å². The topological polar surface area (TPSA) is 77.7 Å². The zero-order chi connectivity index (χ0) is 24.1. The maximum atomic E-state index is 12.3. The molecule has 7 nitrogen and oxygen atoms in total. The molecule has 1 aliphatic rings. The molecular formula is C27H33N3O4. The number of aryl methyl sites for hydroxylation is 1. The van der Waals surface area contributed by atoms with Crippen LogP contribution in [-0.4, -0.2) is 39.8 Å². The third kappa shape index (κ3) is 5.76. The standard InChI is InChI=1S/C27H33N3O4/c1-5-8-21-23(32-24-9-6-7-16-28-24)13-11-20-22(29-34-25(20)21)12-10-19-14-17-30(18-15-19)26(31)33-27(2,3)4/h5-9,11,13,16,19H,10,12,14-15,17-18H2,1-4H3/b8-5-. The highest BCUT2D eigenvalue weighted by Gasteiger charge is 2.27. The molecule has 1 saturated heterocycles. The summed E-state index contributed by atoms with van der Waals surface area (Å²) < 4.78 is 17.3. The number of pyridine rings is 1. The molecule has 180 valence electrons. The summed E-state index contributed by atoms with van der Waals surface area (Å²) in [4.78, 5) is 18.4. The van der Waals surface area contributed by atoms with E-state index in [2.05, 4.69) is 10.1 Å². The van der Waals surface area contributed by atoms with Gasteiger partial charge in [0, 0.05) is 30.7 Å². The Morgan fingerprint density at radius 1 is 1.21 bits per heavy atom. The molecule has 0 N–H and O–H groups in total. The predicted molar refractivity (Wildman–Crippen MR) is 132 cm³/mol. The van der Waals surface area contributed by atoms with Gasteiger partial charge in [0.05, 0.1) is 11.3 Å². The van der Waals surface area contributed by atoms with Gasteiger partial charge in [-0.05, 0) is 77.5 Å². The van der Waals surface area contributed by atoms with Crippen LogP contribution in [0.2, 0.25) is 0 Å². The van der Waals surface area contributed by atoms with Crippen molar-refractivity contribution in [2.24, 2.45) is 5.92 Å². The van der Waals surface area contributed by atoms with Gasteiger partial charge in [-0.1, -0.05) is 23.4 Å². The molecular weight excluding hydrogens is 430 g/mol. The van der Waals surface area contributed by atoms with Crippen LogP contribution in [0, 0.1) is 5.92 Å². The average molecular weight is 464 g/mol. The van der Waals surface area contributed by atoms with Crippen molar-refractivity contribution >= 4 is 23.1 Å². The van der Waals surface area contributed by atoms with Crippen molar-refractivity contribution in [1.29, 1.82) is 0 Å². The summed E-state index contributed by atoms with van der Waals surface area (Å²) in [6.07, 6.45) is 9.21.